The SMILES string of the molecule is O=C(Nc1ncc(Br)s1)c1ccc(NS(=O)O)cc1. The summed E-state index contributed by atoms with van der Waals surface area (Å²) in [4.78, 5) is 15.9. The van der Waals surface area contributed by atoms with Crippen LogP contribution in [0.1, 0.15) is 10.4 Å². The zero-order valence-corrected chi connectivity index (χ0v) is 12.5. The lowest BCUT2D eigenvalue weighted by atomic mass is 10.2. The molecule has 1 atom stereocenters. The standard InChI is InChI=1S/C10H8BrN3O3S2/c11-8-5-12-10(18-8)13-9(15)6-1-3-7(4-2-6)14-19(16)17/h1-5,14H,(H,16,17)(H,12,13,15). The molecule has 0 bridgehead atoms. The van der Waals surface area contributed by atoms with Crippen molar-refractivity contribution in [3.63, 3.8) is 0 Å². The summed E-state index contributed by atoms with van der Waals surface area (Å²) in [5.41, 5.74) is 0.884. The summed E-state index contributed by atoms with van der Waals surface area (Å²) in [7, 11) is 0. The predicted molar refractivity (Wildman–Crippen MR) is 78.6 cm³/mol. The molecule has 19 heavy (non-hydrogen) atoms. The van der Waals surface area contributed by atoms with Gasteiger partial charge in [-0.1, -0.05) is 11.3 Å². The molecular formula is C10H8BrN3O3S2. The summed E-state index contributed by atoms with van der Waals surface area (Å²) in [5.74, 6) is -0.293. The van der Waals surface area contributed by atoms with E-state index in [0.29, 0.717) is 16.4 Å². The molecule has 2 rings (SSSR count). The van der Waals surface area contributed by atoms with Crippen LogP contribution in [0.15, 0.2) is 34.2 Å². The number of anilines is 2. The van der Waals surface area contributed by atoms with Gasteiger partial charge in [0.15, 0.2) is 5.13 Å². The molecular weight excluding hydrogens is 354 g/mol. The van der Waals surface area contributed by atoms with E-state index in [9.17, 15) is 9.00 Å². The maximum atomic E-state index is 11.9. The van der Waals surface area contributed by atoms with Gasteiger partial charge in [0.25, 0.3) is 17.2 Å². The molecule has 6 nitrogen and oxygen atoms in total. The molecule has 0 spiro atoms. The molecule has 1 aromatic heterocycles. The molecule has 0 aliphatic carbocycles. The van der Waals surface area contributed by atoms with Crippen molar-refractivity contribution in [2.24, 2.45) is 0 Å². The van der Waals surface area contributed by atoms with Gasteiger partial charge in [-0.15, -0.1) is 0 Å². The molecule has 3 N–H and O–H groups in total. The van der Waals surface area contributed by atoms with E-state index in [-0.39, 0.29) is 5.91 Å². The van der Waals surface area contributed by atoms with E-state index >= 15 is 0 Å². The van der Waals surface area contributed by atoms with E-state index in [4.69, 9.17) is 4.55 Å². The summed E-state index contributed by atoms with van der Waals surface area (Å²) in [5, 5.41) is 3.14. The molecule has 1 heterocycles. The van der Waals surface area contributed by atoms with Crippen molar-refractivity contribution in [2.75, 3.05) is 10.0 Å². The Hall–Kier alpha value is -1.29. The first-order valence-electron chi connectivity index (χ1n) is 4.95. The number of carbonyl (C=O) groups excluding carboxylic acids is 1. The van der Waals surface area contributed by atoms with E-state index in [0.717, 1.165) is 3.79 Å². The maximum Gasteiger partial charge on any atom is 0.259 e. The van der Waals surface area contributed by atoms with Crippen LogP contribution in [0.5, 0.6) is 0 Å². The molecule has 0 fully saturated rings. The molecule has 0 saturated heterocycles. The summed E-state index contributed by atoms with van der Waals surface area (Å²) in [6.45, 7) is 0. The zero-order valence-electron chi connectivity index (χ0n) is 9.29. The molecule has 100 valence electrons. The van der Waals surface area contributed by atoms with Crippen LogP contribution in [0.25, 0.3) is 0 Å². The molecule has 1 amide bonds. The van der Waals surface area contributed by atoms with Crippen molar-refractivity contribution in [3.05, 3.63) is 39.8 Å². The number of benzene rings is 1. The van der Waals surface area contributed by atoms with Crippen molar-refractivity contribution in [1.29, 1.82) is 0 Å². The highest BCUT2D eigenvalue weighted by Gasteiger charge is 2.08. The van der Waals surface area contributed by atoms with Crippen LogP contribution in [-0.2, 0) is 11.3 Å². The normalized spacial score (nSPS) is 11.9. The fraction of sp³-hybridized carbons (Fsp3) is 0. The molecule has 1 unspecified atom stereocenters. The van der Waals surface area contributed by atoms with Gasteiger partial charge in [0.1, 0.15) is 0 Å². The number of amides is 1. The van der Waals surface area contributed by atoms with E-state index in [1.165, 1.54) is 11.3 Å². The smallest absolute Gasteiger partial charge is 0.259 e. The quantitative estimate of drug-likeness (QED) is 0.730. The largest absolute Gasteiger partial charge is 0.298 e. The fourth-order valence-electron chi connectivity index (χ4n) is 1.27. The summed E-state index contributed by atoms with van der Waals surface area (Å²) < 4.78 is 22.3. The Labute approximate surface area is 123 Å². The Morgan fingerprint density at radius 3 is 2.58 bits per heavy atom. The number of hydrogen-bond donors (Lipinski definition) is 3. The van der Waals surface area contributed by atoms with Crippen molar-refractivity contribution < 1.29 is 13.6 Å². The Kier molecular flexibility index (Phi) is 4.64. The number of carbonyl (C=O) groups is 1. The Morgan fingerprint density at radius 1 is 1.37 bits per heavy atom. The summed E-state index contributed by atoms with van der Waals surface area (Å²) in [6.07, 6.45) is 1.60. The monoisotopic (exact) mass is 361 g/mol. The maximum absolute atomic E-state index is 11.9. The third kappa shape index (κ3) is 4.10. The van der Waals surface area contributed by atoms with E-state index in [1.807, 2.05) is 0 Å². The first kappa shape index (κ1) is 14.1. The fourth-order valence-corrected chi connectivity index (χ4v) is 2.71. The first-order chi connectivity index (χ1) is 9.04. The topological polar surface area (TPSA) is 91.3 Å². The van der Waals surface area contributed by atoms with Gasteiger partial charge in [-0.3, -0.25) is 19.4 Å². The van der Waals surface area contributed by atoms with Gasteiger partial charge in [0.05, 0.1) is 9.98 Å². The van der Waals surface area contributed by atoms with Crippen LogP contribution in [0.4, 0.5) is 10.8 Å². The van der Waals surface area contributed by atoms with Crippen molar-refractivity contribution in [2.45, 2.75) is 0 Å². The minimum Gasteiger partial charge on any atom is -0.298 e. The number of nitrogens with zero attached hydrogens (tertiary/aromatic N) is 1. The molecule has 0 aliphatic heterocycles. The van der Waals surface area contributed by atoms with Crippen molar-refractivity contribution in [3.8, 4) is 0 Å². The van der Waals surface area contributed by atoms with Crippen LogP contribution in [0.3, 0.4) is 0 Å². The van der Waals surface area contributed by atoms with Crippen LogP contribution >= 0.6 is 27.3 Å². The highest BCUT2D eigenvalue weighted by molar-refractivity contribution is 9.11. The van der Waals surface area contributed by atoms with Crippen LogP contribution in [0.2, 0.25) is 0 Å². The number of thiazole rings is 1. The van der Waals surface area contributed by atoms with Crippen molar-refractivity contribution in [1.82, 2.24) is 4.98 Å². The number of hydrogen-bond acceptors (Lipinski definition) is 4. The Morgan fingerprint density at radius 2 is 2.05 bits per heavy atom. The highest BCUT2D eigenvalue weighted by Crippen LogP contribution is 2.23. The number of halogens is 1. The minimum atomic E-state index is -2.13. The first-order valence-corrected chi connectivity index (χ1v) is 7.66. The molecule has 0 radical (unpaired) electrons. The minimum absolute atomic E-state index is 0.293. The lowest BCUT2D eigenvalue weighted by Crippen LogP contribution is -2.11. The van der Waals surface area contributed by atoms with Gasteiger partial charge in [-0.25, -0.2) is 9.19 Å². The second-order valence-corrected chi connectivity index (χ2v) is 6.46. The van der Waals surface area contributed by atoms with Gasteiger partial charge in [-0.05, 0) is 40.2 Å². The van der Waals surface area contributed by atoms with Gasteiger partial charge in [0, 0.05) is 11.3 Å². The summed E-state index contributed by atoms with van der Waals surface area (Å²) >= 11 is 2.44. The average Bonchev–Trinajstić information content (AvgIpc) is 2.75. The number of rotatable bonds is 4. The van der Waals surface area contributed by atoms with Crippen molar-refractivity contribution >= 4 is 55.3 Å². The molecule has 9 heteroatoms. The molecule has 0 aliphatic rings. The second kappa shape index (κ2) is 6.24. The lowest BCUT2D eigenvalue weighted by Gasteiger charge is -2.04. The van der Waals surface area contributed by atoms with E-state index < -0.39 is 11.3 Å². The van der Waals surface area contributed by atoms with Gasteiger partial charge < -0.3 is 0 Å². The van der Waals surface area contributed by atoms with Crippen LogP contribution < -0.4 is 10.0 Å². The van der Waals surface area contributed by atoms with Gasteiger partial charge in [0.2, 0.25) is 0 Å². The molecule has 1 aromatic carbocycles. The Balaban J connectivity index is 2.05. The van der Waals surface area contributed by atoms with Gasteiger partial charge >= 0.3 is 0 Å². The highest BCUT2D eigenvalue weighted by atomic mass is 79.9. The average molecular weight is 362 g/mol. The third-order valence-electron chi connectivity index (χ3n) is 2.05. The second-order valence-electron chi connectivity index (χ2n) is 3.35. The zero-order chi connectivity index (χ0) is 13.8. The lowest BCUT2D eigenvalue weighted by molar-refractivity contribution is 0.102. The Bertz CT molecular complexity index is 615. The molecule has 0 saturated carbocycles. The van der Waals surface area contributed by atoms with Crippen LogP contribution in [-0.4, -0.2) is 19.7 Å². The van der Waals surface area contributed by atoms with E-state index in [2.05, 4.69) is 31.0 Å². The van der Waals surface area contributed by atoms with Gasteiger partial charge in [-0.2, -0.15) is 0 Å². The summed E-state index contributed by atoms with van der Waals surface area (Å²) in [6, 6.07) is 6.18. The predicted octanol–water partition coefficient (Wildman–Crippen LogP) is 2.71. The van der Waals surface area contributed by atoms with Crippen LogP contribution in [0, 0.1) is 0 Å². The number of nitrogens with one attached hydrogen (secondary N) is 2. The third-order valence-corrected chi connectivity index (χ3v) is 3.85. The molecule has 2 aromatic rings. The number of aromatic nitrogens is 1. The van der Waals surface area contributed by atoms with E-state index in [1.54, 1.807) is 30.5 Å².